The van der Waals surface area contributed by atoms with E-state index < -0.39 is 0 Å². The van der Waals surface area contributed by atoms with Crippen molar-refractivity contribution in [3.63, 3.8) is 0 Å². The predicted molar refractivity (Wildman–Crippen MR) is 75.0 cm³/mol. The third-order valence-corrected chi connectivity index (χ3v) is 2.91. The Morgan fingerprint density at radius 2 is 1.84 bits per heavy atom. The summed E-state index contributed by atoms with van der Waals surface area (Å²) in [7, 11) is 4.01. The molecule has 2 N–H and O–H groups in total. The van der Waals surface area contributed by atoms with Crippen LogP contribution in [-0.2, 0) is 0 Å². The molecule has 6 nitrogen and oxygen atoms in total. The molecule has 3 rings (SSSR count). The number of hydrogen-bond donors (Lipinski definition) is 1. The van der Waals surface area contributed by atoms with Gasteiger partial charge in [-0.25, -0.2) is 4.98 Å². The highest BCUT2D eigenvalue weighted by molar-refractivity contribution is 5.62. The Morgan fingerprint density at radius 1 is 1.11 bits per heavy atom. The van der Waals surface area contributed by atoms with Gasteiger partial charge in [0.05, 0.1) is 0 Å². The first-order chi connectivity index (χ1) is 9.15. The molecule has 0 aliphatic heterocycles. The first-order valence-electron chi connectivity index (χ1n) is 5.90. The van der Waals surface area contributed by atoms with Crippen molar-refractivity contribution in [1.82, 2.24) is 19.6 Å². The molecule has 0 aliphatic rings. The maximum absolute atomic E-state index is 5.62. The Morgan fingerprint density at radius 3 is 2.53 bits per heavy atom. The molecule has 0 fully saturated rings. The third kappa shape index (κ3) is 1.97. The molecule has 0 unspecified atom stereocenters. The van der Waals surface area contributed by atoms with E-state index in [1.807, 2.05) is 43.3 Å². The van der Waals surface area contributed by atoms with Gasteiger partial charge in [-0.1, -0.05) is 0 Å². The van der Waals surface area contributed by atoms with Crippen LogP contribution in [0, 0.1) is 0 Å². The monoisotopic (exact) mass is 254 g/mol. The largest absolute Gasteiger partial charge is 0.378 e. The zero-order valence-electron chi connectivity index (χ0n) is 10.8. The number of hydrogen-bond acceptors (Lipinski definition) is 5. The predicted octanol–water partition coefficient (Wildman–Crippen LogP) is 1.44. The summed E-state index contributed by atoms with van der Waals surface area (Å²) >= 11 is 0. The van der Waals surface area contributed by atoms with Crippen LogP contribution >= 0.6 is 0 Å². The van der Waals surface area contributed by atoms with Crippen LogP contribution in [0.1, 0.15) is 0 Å². The maximum atomic E-state index is 5.62. The molecular formula is C13H14N6. The highest BCUT2D eigenvalue weighted by Gasteiger charge is 2.08. The topological polar surface area (TPSA) is 72.3 Å². The van der Waals surface area contributed by atoms with Crippen LogP contribution < -0.4 is 10.6 Å². The van der Waals surface area contributed by atoms with Crippen LogP contribution in [-0.4, -0.2) is 33.7 Å². The maximum Gasteiger partial charge on any atom is 0.240 e. The van der Waals surface area contributed by atoms with Gasteiger partial charge < -0.3 is 10.6 Å². The van der Waals surface area contributed by atoms with Gasteiger partial charge >= 0.3 is 0 Å². The van der Waals surface area contributed by atoms with Gasteiger partial charge in [-0.2, -0.15) is 9.50 Å². The van der Waals surface area contributed by atoms with Crippen molar-refractivity contribution in [2.24, 2.45) is 0 Å². The number of nitrogens with zero attached hydrogens (tertiary/aromatic N) is 5. The van der Waals surface area contributed by atoms with E-state index in [9.17, 15) is 0 Å². The molecule has 0 amide bonds. The number of fused-ring (bicyclic) bond motifs is 1. The Hall–Kier alpha value is -2.63. The summed E-state index contributed by atoms with van der Waals surface area (Å²) in [6.45, 7) is 0. The van der Waals surface area contributed by atoms with Crippen LogP contribution in [0.15, 0.2) is 36.5 Å². The van der Waals surface area contributed by atoms with Crippen LogP contribution in [0.4, 0.5) is 11.6 Å². The van der Waals surface area contributed by atoms with Crippen molar-refractivity contribution < 1.29 is 0 Å². The zero-order valence-corrected chi connectivity index (χ0v) is 10.8. The van der Waals surface area contributed by atoms with Gasteiger partial charge in [-0.3, -0.25) is 0 Å². The van der Waals surface area contributed by atoms with Crippen molar-refractivity contribution in [2.45, 2.75) is 0 Å². The van der Waals surface area contributed by atoms with E-state index in [0.29, 0.717) is 5.65 Å². The summed E-state index contributed by atoms with van der Waals surface area (Å²) in [6.07, 6.45) is 1.71. The molecular weight excluding hydrogens is 240 g/mol. The van der Waals surface area contributed by atoms with Crippen molar-refractivity contribution in [3.05, 3.63) is 36.5 Å². The van der Waals surface area contributed by atoms with E-state index in [1.165, 1.54) is 0 Å². The molecule has 0 saturated heterocycles. The van der Waals surface area contributed by atoms with Gasteiger partial charge in [0.15, 0.2) is 11.5 Å². The van der Waals surface area contributed by atoms with Crippen molar-refractivity contribution >= 4 is 17.3 Å². The number of aromatic nitrogens is 4. The number of nitrogen functional groups attached to an aromatic ring is 1. The van der Waals surface area contributed by atoms with Gasteiger partial charge in [-0.05, 0) is 24.3 Å². The lowest BCUT2D eigenvalue weighted by atomic mass is 10.2. The fourth-order valence-corrected chi connectivity index (χ4v) is 1.94. The Bertz CT molecular complexity index is 714. The minimum Gasteiger partial charge on any atom is -0.378 e. The molecule has 0 radical (unpaired) electrons. The summed E-state index contributed by atoms with van der Waals surface area (Å²) in [6, 6.07) is 9.87. The molecule has 96 valence electrons. The highest BCUT2D eigenvalue weighted by atomic mass is 15.3. The number of nitrogens with two attached hydrogens (primary N) is 1. The lowest BCUT2D eigenvalue weighted by Crippen LogP contribution is -2.08. The Kier molecular flexibility index (Phi) is 2.56. The van der Waals surface area contributed by atoms with Crippen molar-refractivity contribution in [1.29, 1.82) is 0 Å². The lowest BCUT2D eigenvalue weighted by Gasteiger charge is -2.12. The number of anilines is 2. The van der Waals surface area contributed by atoms with E-state index >= 15 is 0 Å². The first kappa shape index (κ1) is 11.5. The van der Waals surface area contributed by atoms with Crippen LogP contribution in [0.5, 0.6) is 0 Å². The molecule has 2 aromatic heterocycles. The zero-order chi connectivity index (χ0) is 13.4. The van der Waals surface area contributed by atoms with E-state index in [0.717, 1.165) is 17.1 Å². The normalized spacial score (nSPS) is 10.8. The molecule has 2 heterocycles. The van der Waals surface area contributed by atoms with E-state index in [4.69, 9.17) is 5.73 Å². The van der Waals surface area contributed by atoms with E-state index in [-0.39, 0.29) is 5.95 Å². The summed E-state index contributed by atoms with van der Waals surface area (Å²) in [5, 5.41) is 4.16. The molecule has 0 atom stereocenters. The first-order valence-corrected chi connectivity index (χ1v) is 5.90. The summed E-state index contributed by atoms with van der Waals surface area (Å²) in [5.41, 5.74) is 8.42. The quantitative estimate of drug-likeness (QED) is 0.749. The van der Waals surface area contributed by atoms with Crippen LogP contribution in [0.25, 0.3) is 17.0 Å². The SMILES string of the molecule is CN(C)c1ccc(-c2nccc3nc(N)nn23)cc1. The van der Waals surface area contributed by atoms with Crippen LogP contribution in [0.2, 0.25) is 0 Å². The van der Waals surface area contributed by atoms with Crippen molar-refractivity contribution in [2.75, 3.05) is 24.7 Å². The molecule has 1 aromatic carbocycles. The van der Waals surface area contributed by atoms with Crippen LogP contribution in [0.3, 0.4) is 0 Å². The molecule has 3 aromatic rings. The molecule has 6 heteroatoms. The number of benzene rings is 1. The number of rotatable bonds is 2. The van der Waals surface area contributed by atoms with E-state index in [1.54, 1.807) is 16.8 Å². The molecule has 0 aliphatic carbocycles. The second kappa shape index (κ2) is 4.24. The average Bonchev–Trinajstić information content (AvgIpc) is 2.78. The summed E-state index contributed by atoms with van der Waals surface area (Å²) in [5.74, 6) is 0.978. The minimum absolute atomic E-state index is 0.249. The fourth-order valence-electron chi connectivity index (χ4n) is 1.94. The second-order valence-corrected chi connectivity index (χ2v) is 4.45. The van der Waals surface area contributed by atoms with Gasteiger partial charge in [0.2, 0.25) is 5.95 Å². The third-order valence-electron chi connectivity index (χ3n) is 2.91. The lowest BCUT2D eigenvalue weighted by molar-refractivity contribution is 0.939. The fraction of sp³-hybridized carbons (Fsp3) is 0.154. The Labute approximate surface area is 110 Å². The highest BCUT2D eigenvalue weighted by Crippen LogP contribution is 2.21. The molecule has 0 spiro atoms. The van der Waals surface area contributed by atoms with Gasteiger partial charge in [0.1, 0.15) is 0 Å². The van der Waals surface area contributed by atoms with Gasteiger partial charge in [0.25, 0.3) is 0 Å². The minimum atomic E-state index is 0.249. The smallest absolute Gasteiger partial charge is 0.240 e. The second-order valence-electron chi connectivity index (χ2n) is 4.45. The van der Waals surface area contributed by atoms with E-state index in [2.05, 4.69) is 15.1 Å². The average molecular weight is 254 g/mol. The molecule has 0 bridgehead atoms. The molecule has 0 saturated carbocycles. The summed E-state index contributed by atoms with van der Waals surface area (Å²) in [4.78, 5) is 10.5. The summed E-state index contributed by atoms with van der Waals surface area (Å²) < 4.78 is 1.65. The van der Waals surface area contributed by atoms with Gasteiger partial charge in [0, 0.05) is 37.6 Å². The standard InChI is InChI=1S/C13H14N6/c1-18(2)10-5-3-9(4-6-10)12-15-8-7-11-16-13(14)17-19(11)12/h3-8H,1-2H3,(H2,14,17). The van der Waals surface area contributed by atoms with Gasteiger partial charge in [-0.15, -0.1) is 5.10 Å². The molecule has 19 heavy (non-hydrogen) atoms. The Balaban J connectivity index is 2.13. The van der Waals surface area contributed by atoms with Crippen molar-refractivity contribution in [3.8, 4) is 11.4 Å².